The summed E-state index contributed by atoms with van der Waals surface area (Å²) in [5.74, 6) is 2.36. The number of thioether (sulfide) groups is 2. The van der Waals surface area contributed by atoms with Crippen LogP contribution in [0.5, 0.6) is 0 Å². The van der Waals surface area contributed by atoms with Crippen molar-refractivity contribution in [3.8, 4) is 0 Å². The fourth-order valence-electron chi connectivity index (χ4n) is 1.94. The summed E-state index contributed by atoms with van der Waals surface area (Å²) >= 11 is 4.10. The van der Waals surface area contributed by atoms with E-state index in [0.29, 0.717) is 11.2 Å². The molecule has 2 nitrogen and oxygen atoms in total. The third-order valence-electron chi connectivity index (χ3n) is 2.93. The van der Waals surface area contributed by atoms with Gasteiger partial charge in [0.1, 0.15) is 0 Å². The first kappa shape index (κ1) is 17.0. The van der Waals surface area contributed by atoms with Crippen molar-refractivity contribution in [3.05, 3.63) is 43.0 Å². The van der Waals surface area contributed by atoms with Gasteiger partial charge in [-0.05, 0) is 0 Å². The number of rotatable bonds is 7. The van der Waals surface area contributed by atoms with Gasteiger partial charge in [-0.3, -0.25) is 0 Å². The molecule has 0 amide bonds. The summed E-state index contributed by atoms with van der Waals surface area (Å²) in [5.41, 5.74) is 0. The number of benzene rings is 1. The van der Waals surface area contributed by atoms with Crippen molar-refractivity contribution in [3.63, 3.8) is 0 Å². The molecule has 1 aliphatic heterocycles. The molecule has 2 rings (SSSR count). The summed E-state index contributed by atoms with van der Waals surface area (Å²) < 4.78 is 7.10. The molecule has 0 saturated carbocycles. The second-order valence-electron chi connectivity index (χ2n) is 4.60. The molecule has 1 fully saturated rings. The molecule has 1 saturated heterocycles. The molecule has 0 spiro atoms. The van der Waals surface area contributed by atoms with Gasteiger partial charge in [-0.1, -0.05) is 0 Å². The van der Waals surface area contributed by atoms with Crippen LogP contribution in [0.25, 0.3) is 0 Å². The third kappa shape index (κ3) is 6.11. The van der Waals surface area contributed by atoms with Crippen LogP contribution in [0.1, 0.15) is 12.8 Å². The van der Waals surface area contributed by atoms with E-state index in [1.54, 1.807) is 6.08 Å². The Kier molecular flexibility index (Phi) is 7.79. The van der Waals surface area contributed by atoms with Gasteiger partial charge < -0.3 is 0 Å². The molecule has 1 aliphatic rings. The molecule has 1 aromatic rings. The molecule has 1 heterocycles. The van der Waals surface area contributed by atoms with Gasteiger partial charge in [0.05, 0.1) is 0 Å². The van der Waals surface area contributed by atoms with E-state index in [4.69, 9.17) is 4.74 Å². The van der Waals surface area contributed by atoms with E-state index in [-0.39, 0.29) is 25.7 Å². The van der Waals surface area contributed by atoms with Gasteiger partial charge in [0, 0.05) is 0 Å². The van der Waals surface area contributed by atoms with Crippen molar-refractivity contribution < 1.29 is 9.53 Å². The first-order valence-corrected chi connectivity index (χ1v) is 11.0. The summed E-state index contributed by atoms with van der Waals surface area (Å²) in [5, 5.41) is 0. The van der Waals surface area contributed by atoms with E-state index in [0.717, 1.165) is 6.42 Å². The molecular weight excluding hydrogens is 367 g/mol. The average molecular weight is 387 g/mol. The Hall–Kier alpha value is -0.351. The predicted octanol–water partition coefficient (Wildman–Crippen LogP) is 3.12. The maximum atomic E-state index is 12.3. The van der Waals surface area contributed by atoms with Crippen LogP contribution in [0, 0.1) is 0 Å². The second-order valence-corrected chi connectivity index (χ2v) is 10.2. The van der Waals surface area contributed by atoms with Gasteiger partial charge in [-0.25, -0.2) is 0 Å². The van der Waals surface area contributed by atoms with Crippen LogP contribution in [0.3, 0.4) is 0 Å². The van der Waals surface area contributed by atoms with Gasteiger partial charge in [0.25, 0.3) is 0 Å². The van der Waals surface area contributed by atoms with Crippen LogP contribution in [-0.4, -0.2) is 43.6 Å². The average Bonchev–Trinajstić information content (AvgIpc) is 2.54. The van der Waals surface area contributed by atoms with Crippen LogP contribution >= 0.6 is 23.5 Å². The van der Waals surface area contributed by atoms with Crippen molar-refractivity contribution in [2.75, 3.05) is 18.1 Å². The molecule has 0 bridgehead atoms. The normalized spacial score (nSPS) is 17.1. The van der Waals surface area contributed by atoms with E-state index in [1.807, 2.05) is 41.7 Å². The molecule has 1 aromatic carbocycles. The second kappa shape index (κ2) is 9.62. The summed E-state index contributed by atoms with van der Waals surface area (Å²) in [4.78, 5) is 12.3. The summed E-state index contributed by atoms with van der Waals surface area (Å²) in [6.45, 7) is 3.92. The van der Waals surface area contributed by atoms with Gasteiger partial charge in [0.15, 0.2) is 0 Å². The summed E-state index contributed by atoms with van der Waals surface area (Å²) in [7, 11) is 0. The zero-order valence-corrected chi connectivity index (χ0v) is 15.2. The van der Waals surface area contributed by atoms with E-state index in [2.05, 4.69) is 18.7 Å². The number of carbonyl (C=O) groups excluding carboxylic acids is 1. The van der Waals surface area contributed by atoms with Gasteiger partial charge in [-0.15, -0.1) is 0 Å². The van der Waals surface area contributed by atoms with Crippen molar-refractivity contribution in [2.45, 2.75) is 22.2 Å². The van der Waals surface area contributed by atoms with E-state index in [1.165, 1.54) is 22.4 Å². The minimum absolute atomic E-state index is 0.00273. The molecule has 114 valence electrons. The maximum absolute atomic E-state index is 12.3. The number of ether oxygens (including phenoxy) is 1. The van der Waals surface area contributed by atoms with Gasteiger partial charge in [-0.2, -0.15) is 0 Å². The zero-order chi connectivity index (χ0) is 14.9. The van der Waals surface area contributed by atoms with E-state index in [9.17, 15) is 4.79 Å². The number of esters is 1. The molecule has 0 radical (unpaired) electrons. The Morgan fingerprint density at radius 2 is 2.10 bits per heavy atom. The predicted molar refractivity (Wildman–Crippen MR) is 94.7 cm³/mol. The number of hydrogen-bond donors (Lipinski definition) is 0. The Labute approximate surface area is 141 Å². The van der Waals surface area contributed by atoms with Gasteiger partial charge >= 0.3 is 142 Å². The SMILES string of the molecule is C=CCOC(=O)C(CC1SCCCS1)[Se]c1ccccc1. The van der Waals surface area contributed by atoms with Crippen molar-refractivity contribution in [1.82, 2.24) is 0 Å². The molecular formula is C16H20O2S2Se. The molecule has 1 atom stereocenters. The monoisotopic (exact) mass is 388 g/mol. The Morgan fingerprint density at radius 3 is 2.76 bits per heavy atom. The molecule has 1 unspecified atom stereocenters. The van der Waals surface area contributed by atoms with Crippen molar-refractivity contribution in [2.24, 2.45) is 0 Å². The molecule has 0 aliphatic carbocycles. The quantitative estimate of drug-likeness (QED) is 0.408. The van der Waals surface area contributed by atoms with Gasteiger partial charge in [0.2, 0.25) is 0 Å². The third-order valence-corrected chi connectivity index (χ3v) is 8.47. The first-order valence-electron chi connectivity index (χ1n) is 7.02. The van der Waals surface area contributed by atoms with Crippen LogP contribution in [0.4, 0.5) is 0 Å². The fourth-order valence-corrected chi connectivity index (χ4v) is 7.74. The van der Waals surface area contributed by atoms with Crippen LogP contribution in [-0.2, 0) is 9.53 Å². The topological polar surface area (TPSA) is 26.3 Å². The molecule has 5 heteroatoms. The Bertz CT molecular complexity index is 447. The Balaban J connectivity index is 1.98. The summed E-state index contributed by atoms with van der Waals surface area (Å²) in [6, 6.07) is 10.3. The number of hydrogen-bond acceptors (Lipinski definition) is 4. The zero-order valence-electron chi connectivity index (χ0n) is 11.9. The standard InChI is InChI=1S/C16H20O2S2Se/c1-2-9-18-16(17)14(12-15-19-10-6-11-20-15)21-13-7-4-3-5-8-13/h2-5,7-8,14-15H,1,6,9-12H2. The van der Waals surface area contributed by atoms with Crippen LogP contribution in [0.2, 0.25) is 4.82 Å². The molecule has 0 aromatic heterocycles. The fraction of sp³-hybridized carbons (Fsp3) is 0.438. The molecule has 0 N–H and O–H groups in total. The van der Waals surface area contributed by atoms with Crippen molar-refractivity contribution in [1.29, 1.82) is 0 Å². The van der Waals surface area contributed by atoms with Crippen LogP contribution < -0.4 is 4.46 Å². The van der Waals surface area contributed by atoms with E-state index >= 15 is 0 Å². The summed E-state index contributed by atoms with van der Waals surface area (Å²) in [6.07, 6.45) is 3.83. The van der Waals surface area contributed by atoms with E-state index < -0.39 is 0 Å². The van der Waals surface area contributed by atoms with Crippen molar-refractivity contribution >= 4 is 48.9 Å². The Morgan fingerprint density at radius 1 is 1.38 bits per heavy atom. The van der Waals surface area contributed by atoms with Crippen LogP contribution in [0.15, 0.2) is 43.0 Å². The molecule has 21 heavy (non-hydrogen) atoms. The number of carbonyl (C=O) groups is 1. The minimum atomic E-state index is -0.0643. The first-order chi connectivity index (χ1) is 10.3.